The quantitative estimate of drug-likeness (QED) is 0.715. The van der Waals surface area contributed by atoms with Crippen LogP contribution in [0.2, 0.25) is 10.0 Å². The van der Waals surface area contributed by atoms with Gasteiger partial charge in [0.25, 0.3) is 5.91 Å². The third-order valence-electron chi connectivity index (χ3n) is 5.54. The highest BCUT2D eigenvalue weighted by molar-refractivity contribution is 6.42. The predicted molar refractivity (Wildman–Crippen MR) is 108 cm³/mol. The maximum atomic E-state index is 12.9. The van der Waals surface area contributed by atoms with Gasteiger partial charge in [-0.05, 0) is 37.5 Å². The molecule has 28 heavy (non-hydrogen) atoms. The van der Waals surface area contributed by atoms with Crippen LogP contribution in [0.25, 0.3) is 0 Å². The minimum Gasteiger partial charge on any atom is -0.352 e. The van der Waals surface area contributed by atoms with E-state index in [0.29, 0.717) is 15.6 Å². The summed E-state index contributed by atoms with van der Waals surface area (Å²) >= 11 is 12.0. The minimum absolute atomic E-state index is 0.107. The molecule has 2 aliphatic rings. The Kier molecular flexibility index (Phi) is 6.50. The lowest BCUT2D eigenvalue weighted by molar-refractivity contribution is -0.135. The van der Waals surface area contributed by atoms with Gasteiger partial charge >= 0.3 is 6.03 Å². The number of carbonyl (C=O) groups excluding carboxylic acids is 3. The Morgan fingerprint density at radius 3 is 2.43 bits per heavy atom. The normalized spacial score (nSPS) is 23.9. The van der Waals surface area contributed by atoms with Crippen molar-refractivity contribution in [1.29, 1.82) is 0 Å². The number of imide groups is 1. The van der Waals surface area contributed by atoms with Crippen LogP contribution in [0.15, 0.2) is 18.2 Å². The van der Waals surface area contributed by atoms with Crippen LogP contribution in [0.3, 0.4) is 0 Å². The number of nitrogens with one attached hydrogen (secondary N) is 2. The Hall–Kier alpha value is -1.79. The topological polar surface area (TPSA) is 78.5 Å². The lowest BCUT2D eigenvalue weighted by atomic mass is 9.92. The molecule has 4 amide bonds. The molecule has 152 valence electrons. The molecule has 1 unspecified atom stereocenters. The number of hydrogen-bond acceptors (Lipinski definition) is 3. The zero-order valence-corrected chi connectivity index (χ0v) is 17.4. The van der Waals surface area contributed by atoms with Crippen LogP contribution >= 0.6 is 23.2 Å². The number of hydrogen-bond donors (Lipinski definition) is 2. The standard InChI is InChI=1S/C20H25Cl2N3O3/c1-20(13-9-10-15(21)16(22)11-13)18(27)25(19(28)24-20)12-17(26)23-14-7-5-3-2-4-6-8-14/h9-11,14H,2-8,12H2,1H3,(H,23,26)(H,24,28). The Morgan fingerprint density at radius 2 is 1.79 bits per heavy atom. The number of halogens is 2. The summed E-state index contributed by atoms with van der Waals surface area (Å²) in [5.74, 6) is -0.795. The molecule has 1 aliphatic carbocycles. The molecule has 1 heterocycles. The first-order valence-electron chi connectivity index (χ1n) is 9.70. The van der Waals surface area contributed by atoms with E-state index in [-0.39, 0.29) is 18.5 Å². The first kappa shape index (κ1) is 20.9. The van der Waals surface area contributed by atoms with E-state index in [1.54, 1.807) is 25.1 Å². The number of rotatable bonds is 4. The van der Waals surface area contributed by atoms with E-state index < -0.39 is 17.5 Å². The Balaban J connectivity index is 1.67. The minimum atomic E-state index is -1.29. The lowest BCUT2D eigenvalue weighted by Gasteiger charge is -2.24. The van der Waals surface area contributed by atoms with Crippen molar-refractivity contribution in [2.24, 2.45) is 0 Å². The molecule has 2 N–H and O–H groups in total. The summed E-state index contributed by atoms with van der Waals surface area (Å²) in [5.41, 5.74) is -0.769. The lowest BCUT2D eigenvalue weighted by Crippen LogP contribution is -2.45. The van der Waals surface area contributed by atoms with Gasteiger partial charge in [-0.25, -0.2) is 4.79 Å². The smallest absolute Gasteiger partial charge is 0.325 e. The van der Waals surface area contributed by atoms with E-state index in [4.69, 9.17) is 23.2 Å². The Bertz CT molecular complexity index is 778. The summed E-state index contributed by atoms with van der Waals surface area (Å²) in [4.78, 5) is 38.8. The van der Waals surface area contributed by atoms with Gasteiger partial charge in [-0.2, -0.15) is 0 Å². The molecule has 1 aromatic carbocycles. The highest BCUT2D eigenvalue weighted by Crippen LogP contribution is 2.33. The van der Waals surface area contributed by atoms with Crippen LogP contribution < -0.4 is 10.6 Å². The molecule has 1 aromatic rings. The van der Waals surface area contributed by atoms with Crippen LogP contribution in [0, 0.1) is 0 Å². The average Bonchev–Trinajstić information content (AvgIpc) is 2.83. The molecule has 0 aromatic heterocycles. The molecular weight excluding hydrogens is 401 g/mol. The van der Waals surface area contributed by atoms with Gasteiger partial charge < -0.3 is 10.6 Å². The number of nitrogens with zero attached hydrogens (tertiary/aromatic N) is 1. The fraction of sp³-hybridized carbons (Fsp3) is 0.550. The molecule has 2 fully saturated rings. The van der Waals surface area contributed by atoms with E-state index in [9.17, 15) is 14.4 Å². The zero-order valence-electron chi connectivity index (χ0n) is 15.9. The van der Waals surface area contributed by atoms with Gasteiger partial charge in [0.2, 0.25) is 5.91 Å². The second-order valence-electron chi connectivity index (χ2n) is 7.68. The van der Waals surface area contributed by atoms with Crippen LogP contribution in [0.5, 0.6) is 0 Å². The fourth-order valence-electron chi connectivity index (χ4n) is 3.86. The molecular formula is C20H25Cl2N3O3. The second-order valence-corrected chi connectivity index (χ2v) is 8.50. The summed E-state index contributed by atoms with van der Waals surface area (Å²) in [5, 5.41) is 6.32. The summed E-state index contributed by atoms with van der Waals surface area (Å²) in [6.07, 6.45) is 7.66. The first-order chi connectivity index (χ1) is 13.3. The maximum Gasteiger partial charge on any atom is 0.325 e. The van der Waals surface area contributed by atoms with Crippen molar-refractivity contribution >= 4 is 41.0 Å². The highest BCUT2D eigenvalue weighted by atomic mass is 35.5. The Morgan fingerprint density at radius 1 is 1.14 bits per heavy atom. The molecule has 3 rings (SSSR count). The monoisotopic (exact) mass is 425 g/mol. The van der Waals surface area contributed by atoms with Gasteiger partial charge in [-0.3, -0.25) is 14.5 Å². The number of urea groups is 1. The summed E-state index contributed by atoms with van der Waals surface area (Å²) in [6, 6.07) is 4.29. The van der Waals surface area contributed by atoms with Gasteiger partial charge in [0.1, 0.15) is 12.1 Å². The third-order valence-corrected chi connectivity index (χ3v) is 6.28. The van der Waals surface area contributed by atoms with Crippen LogP contribution in [-0.4, -0.2) is 35.3 Å². The van der Waals surface area contributed by atoms with Gasteiger partial charge in [-0.1, -0.05) is 61.4 Å². The summed E-state index contributed by atoms with van der Waals surface area (Å²) in [7, 11) is 0. The van der Waals surface area contributed by atoms with Crippen LogP contribution in [0.4, 0.5) is 4.79 Å². The van der Waals surface area contributed by atoms with Crippen molar-refractivity contribution in [3.63, 3.8) is 0 Å². The number of carbonyl (C=O) groups is 3. The molecule has 1 aliphatic heterocycles. The molecule has 1 saturated heterocycles. The van der Waals surface area contributed by atoms with E-state index in [1.165, 1.54) is 19.3 Å². The van der Waals surface area contributed by atoms with E-state index >= 15 is 0 Å². The fourth-order valence-corrected chi connectivity index (χ4v) is 4.16. The molecule has 1 atom stereocenters. The molecule has 8 heteroatoms. The number of benzene rings is 1. The van der Waals surface area contributed by atoms with Crippen molar-refractivity contribution < 1.29 is 14.4 Å². The highest BCUT2D eigenvalue weighted by Gasteiger charge is 2.49. The van der Waals surface area contributed by atoms with Crippen molar-refractivity contribution in [2.75, 3.05) is 6.54 Å². The van der Waals surface area contributed by atoms with Crippen molar-refractivity contribution in [1.82, 2.24) is 15.5 Å². The average molecular weight is 426 g/mol. The SMILES string of the molecule is CC1(c2ccc(Cl)c(Cl)c2)NC(=O)N(CC(=O)NC2CCCCCCC2)C1=O. The first-order valence-corrected chi connectivity index (χ1v) is 10.5. The Labute approximate surface area is 174 Å². The zero-order chi connectivity index (χ0) is 20.3. The van der Waals surface area contributed by atoms with Crippen molar-refractivity contribution in [2.45, 2.75) is 63.5 Å². The molecule has 0 bridgehead atoms. The van der Waals surface area contributed by atoms with Crippen LogP contribution in [-0.2, 0) is 15.1 Å². The van der Waals surface area contributed by atoms with E-state index in [0.717, 1.165) is 30.6 Å². The number of amides is 4. The molecule has 1 saturated carbocycles. The van der Waals surface area contributed by atoms with Crippen LogP contribution in [0.1, 0.15) is 57.4 Å². The second kappa shape index (κ2) is 8.70. The summed E-state index contributed by atoms with van der Waals surface area (Å²) in [6.45, 7) is 1.30. The molecule has 6 nitrogen and oxygen atoms in total. The van der Waals surface area contributed by atoms with Gasteiger partial charge in [0, 0.05) is 6.04 Å². The molecule has 0 radical (unpaired) electrons. The third kappa shape index (κ3) is 4.44. The van der Waals surface area contributed by atoms with Crippen molar-refractivity contribution in [3.05, 3.63) is 33.8 Å². The predicted octanol–water partition coefficient (Wildman–Crippen LogP) is 3.99. The van der Waals surface area contributed by atoms with Gasteiger partial charge in [0.15, 0.2) is 0 Å². The van der Waals surface area contributed by atoms with E-state index in [1.807, 2.05) is 0 Å². The largest absolute Gasteiger partial charge is 0.352 e. The van der Waals surface area contributed by atoms with Gasteiger partial charge in [0.05, 0.1) is 10.0 Å². The molecule has 0 spiro atoms. The van der Waals surface area contributed by atoms with Gasteiger partial charge in [-0.15, -0.1) is 0 Å². The summed E-state index contributed by atoms with van der Waals surface area (Å²) < 4.78 is 0. The van der Waals surface area contributed by atoms with Crippen molar-refractivity contribution in [3.8, 4) is 0 Å². The maximum absolute atomic E-state index is 12.9. The van der Waals surface area contributed by atoms with E-state index in [2.05, 4.69) is 10.6 Å².